The van der Waals surface area contributed by atoms with Gasteiger partial charge in [-0.15, -0.1) is 24.8 Å². The van der Waals surface area contributed by atoms with Gasteiger partial charge in [0.05, 0.1) is 0 Å². The van der Waals surface area contributed by atoms with E-state index in [2.05, 4.69) is 65.6 Å². The summed E-state index contributed by atoms with van der Waals surface area (Å²) in [6, 6.07) is 21.9. The Balaban J connectivity index is 0.00000132. The molecule has 0 aromatic heterocycles. The van der Waals surface area contributed by atoms with Gasteiger partial charge < -0.3 is 4.90 Å². The standard InChI is InChI=1S/C20H25N.2ClH/c1-4-10-18(11-5-1)20(19-12-6-2-7-13-19)14-17-21-15-8-3-9-16-21;;/h1-2,4-7,10-13,20H,3,8-9,14-17H2;2*1H. The van der Waals surface area contributed by atoms with Crippen LogP contribution in [-0.4, -0.2) is 24.5 Å². The van der Waals surface area contributed by atoms with Gasteiger partial charge in [-0.3, -0.25) is 0 Å². The van der Waals surface area contributed by atoms with E-state index >= 15 is 0 Å². The first-order chi connectivity index (χ1) is 10.4. The highest BCUT2D eigenvalue weighted by Gasteiger charge is 2.16. The number of likely N-dealkylation sites (tertiary alicyclic amines) is 1. The summed E-state index contributed by atoms with van der Waals surface area (Å²) < 4.78 is 0. The Morgan fingerprint density at radius 2 is 1.17 bits per heavy atom. The van der Waals surface area contributed by atoms with Gasteiger partial charge in [0, 0.05) is 5.92 Å². The minimum atomic E-state index is 0. The Morgan fingerprint density at radius 1 is 0.696 bits per heavy atom. The monoisotopic (exact) mass is 351 g/mol. The Kier molecular flexibility index (Phi) is 9.31. The molecule has 0 radical (unpaired) electrons. The zero-order valence-corrected chi connectivity index (χ0v) is 15.2. The highest BCUT2D eigenvalue weighted by Crippen LogP contribution is 2.28. The van der Waals surface area contributed by atoms with E-state index in [1.165, 1.54) is 56.4 Å². The molecule has 1 saturated heterocycles. The minimum Gasteiger partial charge on any atom is -0.303 e. The average Bonchev–Trinajstić information content (AvgIpc) is 2.58. The molecular formula is C20H27Cl2N. The lowest BCUT2D eigenvalue weighted by Gasteiger charge is -2.28. The molecule has 0 atom stereocenters. The first kappa shape index (κ1) is 20.0. The maximum absolute atomic E-state index is 2.64. The van der Waals surface area contributed by atoms with Crippen molar-refractivity contribution in [3.05, 3.63) is 71.8 Å². The van der Waals surface area contributed by atoms with Crippen LogP contribution in [0.4, 0.5) is 0 Å². The van der Waals surface area contributed by atoms with Crippen LogP contribution in [0.15, 0.2) is 60.7 Å². The Labute approximate surface area is 152 Å². The molecule has 0 unspecified atom stereocenters. The zero-order chi connectivity index (χ0) is 14.3. The van der Waals surface area contributed by atoms with Crippen LogP contribution in [0.2, 0.25) is 0 Å². The van der Waals surface area contributed by atoms with Crippen molar-refractivity contribution in [2.75, 3.05) is 19.6 Å². The van der Waals surface area contributed by atoms with Gasteiger partial charge in [-0.25, -0.2) is 0 Å². The van der Waals surface area contributed by atoms with E-state index in [0.29, 0.717) is 5.92 Å². The molecule has 1 aliphatic rings. The maximum atomic E-state index is 2.64. The first-order valence-corrected chi connectivity index (χ1v) is 8.26. The quantitative estimate of drug-likeness (QED) is 0.683. The molecule has 3 rings (SSSR count). The normalized spacial score (nSPS) is 14.8. The van der Waals surface area contributed by atoms with Crippen molar-refractivity contribution in [2.45, 2.75) is 31.6 Å². The fourth-order valence-electron chi connectivity index (χ4n) is 3.39. The molecule has 1 fully saturated rings. The summed E-state index contributed by atoms with van der Waals surface area (Å²) in [5, 5.41) is 0. The largest absolute Gasteiger partial charge is 0.303 e. The van der Waals surface area contributed by atoms with E-state index in [1.807, 2.05) is 0 Å². The fraction of sp³-hybridized carbons (Fsp3) is 0.400. The van der Waals surface area contributed by atoms with Crippen LogP contribution in [-0.2, 0) is 0 Å². The summed E-state index contributed by atoms with van der Waals surface area (Å²) in [6.45, 7) is 3.79. The molecule has 2 aromatic carbocycles. The van der Waals surface area contributed by atoms with Crippen LogP contribution in [0.1, 0.15) is 42.7 Å². The third-order valence-electron chi connectivity index (χ3n) is 4.59. The number of halogens is 2. The summed E-state index contributed by atoms with van der Waals surface area (Å²) in [6.07, 6.45) is 5.38. The highest BCUT2D eigenvalue weighted by atomic mass is 35.5. The molecule has 0 amide bonds. The number of rotatable bonds is 5. The highest BCUT2D eigenvalue weighted by molar-refractivity contribution is 5.85. The molecule has 0 aliphatic carbocycles. The Morgan fingerprint density at radius 3 is 1.65 bits per heavy atom. The lowest BCUT2D eigenvalue weighted by molar-refractivity contribution is 0.223. The van der Waals surface area contributed by atoms with E-state index in [0.717, 1.165) is 0 Å². The lowest BCUT2D eigenvalue weighted by atomic mass is 9.88. The van der Waals surface area contributed by atoms with Gasteiger partial charge in [-0.05, 0) is 50.0 Å². The Bertz CT molecular complexity index is 484. The molecule has 1 nitrogen and oxygen atoms in total. The summed E-state index contributed by atoms with van der Waals surface area (Å²) in [5.74, 6) is 0.523. The van der Waals surface area contributed by atoms with Gasteiger partial charge in [-0.2, -0.15) is 0 Å². The summed E-state index contributed by atoms with van der Waals surface area (Å²) >= 11 is 0. The predicted octanol–water partition coefficient (Wildman–Crippen LogP) is 5.54. The molecule has 23 heavy (non-hydrogen) atoms. The zero-order valence-electron chi connectivity index (χ0n) is 13.6. The van der Waals surface area contributed by atoms with Gasteiger partial charge in [0.2, 0.25) is 0 Å². The van der Waals surface area contributed by atoms with Gasteiger partial charge >= 0.3 is 0 Å². The van der Waals surface area contributed by atoms with E-state index in [9.17, 15) is 0 Å². The average molecular weight is 352 g/mol. The first-order valence-electron chi connectivity index (χ1n) is 8.26. The molecule has 0 N–H and O–H groups in total. The van der Waals surface area contributed by atoms with E-state index in [-0.39, 0.29) is 24.8 Å². The van der Waals surface area contributed by atoms with Gasteiger partial charge in [0.15, 0.2) is 0 Å². The van der Waals surface area contributed by atoms with Crippen molar-refractivity contribution in [1.29, 1.82) is 0 Å². The maximum Gasteiger partial charge on any atom is 0.0101 e. The van der Waals surface area contributed by atoms with Crippen molar-refractivity contribution < 1.29 is 0 Å². The van der Waals surface area contributed by atoms with Crippen LogP contribution < -0.4 is 0 Å². The second kappa shape index (κ2) is 10.7. The van der Waals surface area contributed by atoms with Crippen LogP contribution in [0.5, 0.6) is 0 Å². The van der Waals surface area contributed by atoms with Crippen molar-refractivity contribution >= 4 is 24.8 Å². The van der Waals surface area contributed by atoms with E-state index in [4.69, 9.17) is 0 Å². The fourth-order valence-corrected chi connectivity index (χ4v) is 3.39. The van der Waals surface area contributed by atoms with Gasteiger partial charge in [-0.1, -0.05) is 67.1 Å². The molecule has 3 heteroatoms. The molecule has 1 heterocycles. The lowest BCUT2D eigenvalue weighted by Crippen LogP contribution is -2.31. The number of nitrogens with zero attached hydrogens (tertiary/aromatic N) is 1. The number of piperidine rings is 1. The molecule has 0 bridgehead atoms. The van der Waals surface area contributed by atoms with E-state index in [1.54, 1.807) is 0 Å². The molecule has 0 saturated carbocycles. The summed E-state index contributed by atoms with van der Waals surface area (Å²) in [5.41, 5.74) is 2.89. The minimum absolute atomic E-state index is 0. The van der Waals surface area contributed by atoms with Crippen LogP contribution in [0.3, 0.4) is 0 Å². The van der Waals surface area contributed by atoms with Crippen LogP contribution >= 0.6 is 24.8 Å². The van der Waals surface area contributed by atoms with Crippen molar-refractivity contribution in [3.63, 3.8) is 0 Å². The molecule has 0 spiro atoms. The van der Waals surface area contributed by atoms with Crippen LogP contribution in [0.25, 0.3) is 0 Å². The predicted molar refractivity (Wildman–Crippen MR) is 104 cm³/mol. The summed E-state index contributed by atoms with van der Waals surface area (Å²) in [4.78, 5) is 2.64. The Hall–Kier alpha value is -1.02. The number of hydrogen-bond donors (Lipinski definition) is 0. The van der Waals surface area contributed by atoms with Crippen molar-refractivity contribution in [2.24, 2.45) is 0 Å². The third kappa shape index (κ3) is 5.84. The molecular weight excluding hydrogens is 325 g/mol. The second-order valence-corrected chi connectivity index (χ2v) is 6.06. The second-order valence-electron chi connectivity index (χ2n) is 6.06. The SMILES string of the molecule is Cl.Cl.c1ccc(C(CCN2CCCCC2)c2ccccc2)cc1. The number of benzene rings is 2. The van der Waals surface area contributed by atoms with E-state index < -0.39 is 0 Å². The van der Waals surface area contributed by atoms with Gasteiger partial charge in [0.1, 0.15) is 0 Å². The molecule has 1 aliphatic heterocycles. The summed E-state index contributed by atoms with van der Waals surface area (Å²) in [7, 11) is 0. The molecule has 126 valence electrons. The van der Waals surface area contributed by atoms with Crippen LogP contribution in [0, 0.1) is 0 Å². The smallest absolute Gasteiger partial charge is 0.0101 e. The number of hydrogen-bond acceptors (Lipinski definition) is 1. The molecule has 2 aromatic rings. The van der Waals surface area contributed by atoms with Gasteiger partial charge in [0.25, 0.3) is 0 Å². The topological polar surface area (TPSA) is 3.24 Å². The van der Waals surface area contributed by atoms with Crippen molar-refractivity contribution in [1.82, 2.24) is 4.90 Å². The third-order valence-corrected chi connectivity index (χ3v) is 4.59. The van der Waals surface area contributed by atoms with Crippen molar-refractivity contribution in [3.8, 4) is 0 Å².